The van der Waals surface area contributed by atoms with E-state index < -0.39 is 0 Å². The maximum atomic E-state index is 6.52. The molecule has 1 aromatic rings. The third-order valence-corrected chi connectivity index (χ3v) is 7.37. The average molecular weight is 442 g/mol. The van der Waals surface area contributed by atoms with Crippen LogP contribution in [-0.2, 0) is 6.54 Å². The molecule has 0 spiro atoms. The molecular formula is C21H30BrClN2O. The number of nitrogens with one attached hydrogen (secondary N) is 1. The highest BCUT2D eigenvalue weighted by molar-refractivity contribution is 9.15. The Morgan fingerprint density at radius 3 is 2.65 bits per heavy atom. The van der Waals surface area contributed by atoms with Gasteiger partial charge in [-0.3, -0.25) is 0 Å². The summed E-state index contributed by atoms with van der Waals surface area (Å²) in [6, 6.07) is 4.35. The first-order chi connectivity index (χ1) is 12.4. The van der Waals surface area contributed by atoms with Crippen molar-refractivity contribution in [2.24, 2.45) is 17.1 Å². The van der Waals surface area contributed by atoms with Gasteiger partial charge >= 0.3 is 0 Å². The normalized spacial score (nSPS) is 26.7. The van der Waals surface area contributed by atoms with Gasteiger partial charge in [-0.1, -0.05) is 32.4 Å². The van der Waals surface area contributed by atoms with Gasteiger partial charge in [0.1, 0.15) is 5.75 Å². The number of ether oxygens (including phenoxy) is 1. The summed E-state index contributed by atoms with van der Waals surface area (Å²) in [6.45, 7) is 7.62. The summed E-state index contributed by atoms with van der Waals surface area (Å²) in [7, 11) is 0. The van der Waals surface area contributed by atoms with Gasteiger partial charge < -0.3 is 15.8 Å². The van der Waals surface area contributed by atoms with Gasteiger partial charge in [0.25, 0.3) is 0 Å². The third kappa shape index (κ3) is 3.79. The van der Waals surface area contributed by atoms with E-state index in [1.54, 1.807) is 0 Å². The number of hydrogen-bond donors (Lipinski definition) is 2. The van der Waals surface area contributed by atoms with E-state index in [0.717, 1.165) is 54.4 Å². The molecule has 0 bridgehead atoms. The van der Waals surface area contributed by atoms with Crippen LogP contribution < -0.4 is 15.8 Å². The van der Waals surface area contributed by atoms with Crippen LogP contribution in [0.4, 0.5) is 0 Å². The molecule has 1 saturated carbocycles. The molecule has 5 heteroatoms. The Balaban J connectivity index is 1.72. The van der Waals surface area contributed by atoms with E-state index in [9.17, 15) is 0 Å². The fourth-order valence-corrected chi connectivity index (χ4v) is 5.35. The summed E-state index contributed by atoms with van der Waals surface area (Å²) >= 11 is 10.1. The standard InChI is InChI=1S/C21H30BrClN2O/c1-4-20(24)21(13(2)3)7-5-15(6-8-21)26-19-10-16-14(9-18(19)23)11-25-12-17(16)22/h9-10,12-13,15,20,25H,4-8,11,24H2,1-3H3/t15?,20-,21?/m0/s1. The smallest absolute Gasteiger partial charge is 0.138 e. The first kappa shape index (κ1) is 20.0. The summed E-state index contributed by atoms with van der Waals surface area (Å²) < 4.78 is 7.38. The second-order valence-corrected chi connectivity index (χ2v) is 9.29. The third-order valence-electron chi connectivity index (χ3n) is 6.42. The van der Waals surface area contributed by atoms with Gasteiger partial charge in [0.15, 0.2) is 0 Å². The molecule has 26 heavy (non-hydrogen) atoms. The van der Waals surface area contributed by atoms with Crippen molar-refractivity contribution in [1.29, 1.82) is 0 Å². The minimum Gasteiger partial charge on any atom is -0.489 e. The van der Waals surface area contributed by atoms with Gasteiger partial charge in [-0.15, -0.1) is 0 Å². The molecule has 1 fully saturated rings. The van der Waals surface area contributed by atoms with Crippen LogP contribution in [-0.4, -0.2) is 12.1 Å². The van der Waals surface area contributed by atoms with Crippen LogP contribution in [0.5, 0.6) is 5.75 Å². The average Bonchev–Trinajstić information content (AvgIpc) is 2.63. The van der Waals surface area contributed by atoms with E-state index in [2.05, 4.69) is 48.1 Å². The predicted octanol–water partition coefficient (Wildman–Crippen LogP) is 5.84. The zero-order valence-corrected chi connectivity index (χ0v) is 18.3. The van der Waals surface area contributed by atoms with Gasteiger partial charge in [-0.25, -0.2) is 0 Å². The summed E-state index contributed by atoms with van der Waals surface area (Å²) in [5, 5.41) is 3.93. The lowest BCUT2D eigenvalue weighted by Crippen LogP contribution is -2.48. The minimum absolute atomic E-state index is 0.214. The van der Waals surface area contributed by atoms with Gasteiger partial charge in [0.2, 0.25) is 0 Å². The molecule has 3 rings (SSSR count). The van der Waals surface area contributed by atoms with Gasteiger partial charge in [0, 0.05) is 23.3 Å². The molecule has 1 aromatic carbocycles. The highest BCUT2D eigenvalue weighted by atomic mass is 79.9. The lowest BCUT2D eigenvalue weighted by Gasteiger charge is -2.47. The summed E-state index contributed by atoms with van der Waals surface area (Å²) in [6.07, 6.45) is 7.56. The van der Waals surface area contributed by atoms with Crippen LogP contribution in [0.3, 0.4) is 0 Å². The molecule has 0 aromatic heterocycles. The predicted molar refractivity (Wildman–Crippen MR) is 114 cm³/mol. The highest BCUT2D eigenvalue weighted by Crippen LogP contribution is 2.46. The zero-order valence-electron chi connectivity index (χ0n) is 15.9. The molecule has 0 unspecified atom stereocenters. The first-order valence-electron chi connectivity index (χ1n) is 9.71. The van der Waals surface area contributed by atoms with Gasteiger partial charge in [-0.2, -0.15) is 0 Å². The van der Waals surface area contributed by atoms with Crippen molar-refractivity contribution < 1.29 is 4.74 Å². The van der Waals surface area contributed by atoms with E-state index >= 15 is 0 Å². The fraction of sp³-hybridized carbons (Fsp3) is 0.619. The summed E-state index contributed by atoms with van der Waals surface area (Å²) in [5.74, 6) is 1.39. The quantitative estimate of drug-likeness (QED) is 0.603. The molecule has 144 valence electrons. The van der Waals surface area contributed by atoms with Crippen molar-refractivity contribution in [2.45, 2.75) is 71.6 Å². The van der Waals surface area contributed by atoms with Crippen LogP contribution in [0.25, 0.3) is 4.48 Å². The van der Waals surface area contributed by atoms with Crippen LogP contribution in [0.1, 0.15) is 64.0 Å². The molecular weight excluding hydrogens is 412 g/mol. The molecule has 1 heterocycles. The molecule has 0 saturated heterocycles. The van der Waals surface area contributed by atoms with Crippen molar-refractivity contribution in [3.05, 3.63) is 34.5 Å². The Morgan fingerprint density at radius 1 is 1.35 bits per heavy atom. The monoisotopic (exact) mass is 440 g/mol. The van der Waals surface area contributed by atoms with Gasteiger partial charge in [0.05, 0.1) is 11.1 Å². The first-order valence-corrected chi connectivity index (χ1v) is 10.9. The van der Waals surface area contributed by atoms with Crippen LogP contribution in [0.15, 0.2) is 18.3 Å². The lowest BCUT2D eigenvalue weighted by molar-refractivity contribution is 0.0256. The number of fused-ring (bicyclic) bond motifs is 1. The largest absolute Gasteiger partial charge is 0.489 e. The van der Waals surface area contributed by atoms with Crippen molar-refractivity contribution in [2.75, 3.05) is 0 Å². The van der Waals surface area contributed by atoms with E-state index in [-0.39, 0.29) is 17.6 Å². The van der Waals surface area contributed by atoms with E-state index in [1.807, 2.05) is 12.3 Å². The second kappa shape index (κ2) is 8.12. The topological polar surface area (TPSA) is 47.3 Å². The summed E-state index contributed by atoms with van der Waals surface area (Å²) in [4.78, 5) is 0. The zero-order chi connectivity index (χ0) is 18.9. The molecule has 0 radical (unpaired) electrons. The number of rotatable bonds is 5. The number of hydrogen-bond acceptors (Lipinski definition) is 3. The van der Waals surface area contributed by atoms with Crippen molar-refractivity contribution in [3.63, 3.8) is 0 Å². The molecule has 1 aliphatic heterocycles. The SMILES string of the molecule is CC[C@H](N)C1(C(C)C)CCC(Oc2cc3c(cc2Cl)CNC=C3Br)CC1. The Kier molecular flexibility index (Phi) is 6.25. The van der Waals surface area contributed by atoms with Crippen LogP contribution >= 0.6 is 27.5 Å². The van der Waals surface area contributed by atoms with Crippen molar-refractivity contribution >= 4 is 32.0 Å². The maximum absolute atomic E-state index is 6.52. The Hall–Kier alpha value is -0.710. The van der Waals surface area contributed by atoms with Crippen molar-refractivity contribution in [3.8, 4) is 5.75 Å². The highest BCUT2D eigenvalue weighted by Gasteiger charge is 2.42. The Labute approximate surface area is 170 Å². The second-order valence-electron chi connectivity index (χ2n) is 8.03. The molecule has 3 N–H and O–H groups in total. The molecule has 1 atom stereocenters. The Bertz CT molecular complexity index is 681. The number of nitrogens with two attached hydrogens (primary N) is 1. The van der Waals surface area contributed by atoms with Crippen LogP contribution in [0.2, 0.25) is 5.02 Å². The van der Waals surface area contributed by atoms with Crippen molar-refractivity contribution in [1.82, 2.24) is 5.32 Å². The van der Waals surface area contributed by atoms with E-state index in [4.69, 9.17) is 22.1 Å². The molecule has 0 amide bonds. The number of benzene rings is 1. The van der Waals surface area contributed by atoms with E-state index in [0.29, 0.717) is 10.9 Å². The summed E-state index contributed by atoms with van der Waals surface area (Å²) in [5.41, 5.74) is 9.10. The maximum Gasteiger partial charge on any atom is 0.138 e. The molecule has 1 aliphatic carbocycles. The molecule has 2 aliphatic rings. The fourth-order valence-electron chi connectivity index (χ4n) is 4.59. The minimum atomic E-state index is 0.214. The van der Waals surface area contributed by atoms with Crippen LogP contribution in [0, 0.1) is 11.3 Å². The van der Waals surface area contributed by atoms with Gasteiger partial charge in [-0.05, 0) is 82.6 Å². The number of halogens is 2. The lowest BCUT2D eigenvalue weighted by atomic mass is 9.62. The Morgan fingerprint density at radius 2 is 2.04 bits per heavy atom. The van der Waals surface area contributed by atoms with E-state index in [1.165, 1.54) is 5.56 Å². The molecule has 3 nitrogen and oxygen atoms in total.